The highest BCUT2D eigenvalue weighted by atomic mass is 32.2. The summed E-state index contributed by atoms with van der Waals surface area (Å²) in [5.74, 6) is 0. The van der Waals surface area contributed by atoms with Crippen molar-refractivity contribution in [1.29, 1.82) is 0 Å². The summed E-state index contributed by atoms with van der Waals surface area (Å²) in [6.07, 6.45) is 0.951. The second-order valence-electron chi connectivity index (χ2n) is 5.26. The van der Waals surface area contributed by atoms with E-state index in [1.807, 2.05) is 7.05 Å². The Morgan fingerprint density at radius 1 is 1.38 bits per heavy atom. The van der Waals surface area contributed by atoms with E-state index < -0.39 is 10.0 Å². The first kappa shape index (κ1) is 15.7. The van der Waals surface area contributed by atoms with Crippen molar-refractivity contribution < 1.29 is 13.2 Å². The number of likely N-dealkylation sites (N-methyl/N-ethyl adjacent to an activating group) is 1. The molecule has 0 saturated carbocycles. The topological polar surface area (TPSA) is 105 Å². The second-order valence-corrected chi connectivity index (χ2v) is 6.83. The highest BCUT2D eigenvalue weighted by Crippen LogP contribution is 2.09. The van der Waals surface area contributed by atoms with Gasteiger partial charge in [-0.05, 0) is 37.7 Å². The van der Waals surface area contributed by atoms with Gasteiger partial charge in [0.05, 0.1) is 4.90 Å². The molecule has 7 nitrogen and oxygen atoms in total. The Morgan fingerprint density at radius 2 is 2.05 bits per heavy atom. The number of urea groups is 1. The van der Waals surface area contributed by atoms with Crippen LogP contribution in [0, 0.1) is 0 Å². The van der Waals surface area contributed by atoms with Crippen molar-refractivity contribution in [3.05, 3.63) is 29.8 Å². The van der Waals surface area contributed by atoms with Crippen molar-refractivity contribution in [2.24, 2.45) is 5.14 Å². The number of sulfonamides is 1. The number of likely N-dealkylation sites (tertiary alicyclic amines) is 1. The summed E-state index contributed by atoms with van der Waals surface area (Å²) < 4.78 is 22.2. The Hall–Kier alpha value is -1.64. The van der Waals surface area contributed by atoms with Crippen LogP contribution in [0.3, 0.4) is 0 Å². The molecule has 116 valence electrons. The van der Waals surface area contributed by atoms with Crippen LogP contribution in [0.25, 0.3) is 0 Å². The molecular formula is C13H20N4O3S. The van der Waals surface area contributed by atoms with Gasteiger partial charge >= 0.3 is 6.03 Å². The average Bonchev–Trinajstić information content (AvgIpc) is 2.81. The van der Waals surface area contributed by atoms with Gasteiger partial charge in [0.25, 0.3) is 0 Å². The van der Waals surface area contributed by atoms with Crippen molar-refractivity contribution >= 4 is 16.1 Å². The van der Waals surface area contributed by atoms with Gasteiger partial charge in [-0.1, -0.05) is 12.1 Å². The maximum atomic E-state index is 11.7. The molecule has 0 unspecified atom stereocenters. The number of rotatable bonds is 4. The van der Waals surface area contributed by atoms with Gasteiger partial charge in [0.15, 0.2) is 0 Å². The van der Waals surface area contributed by atoms with Crippen LogP contribution in [-0.2, 0) is 16.6 Å². The molecule has 0 aromatic heterocycles. The standard InChI is InChI=1S/C13H20N4O3S/c1-17-7-6-11(9-17)16-13(18)15-8-10-2-4-12(5-3-10)21(14,19)20/h2-5,11H,6-9H2,1H3,(H2,14,19,20)(H2,15,16,18)/t11-/m1/s1. The zero-order valence-electron chi connectivity index (χ0n) is 11.9. The minimum Gasteiger partial charge on any atom is -0.334 e. The lowest BCUT2D eigenvalue weighted by Crippen LogP contribution is -2.42. The van der Waals surface area contributed by atoms with E-state index in [0.29, 0.717) is 6.54 Å². The smallest absolute Gasteiger partial charge is 0.315 e. The van der Waals surface area contributed by atoms with Gasteiger partial charge in [0.1, 0.15) is 0 Å². The molecule has 2 amide bonds. The third-order valence-corrected chi connectivity index (χ3v) is 4.36. The summed E-state index contributed by atoms with van der Waals surface area (Å²) in [5.41, 5.74) is 0.807. The number of primary sulfonamides is 1. The lowest BCUT2D eigenvalue weighted by Gasteiger charge is -2.13. The van der Waals surface area contributed by atoms with E-state index in [1.54, 1.807) is 12.1 Å². The first-order valence-electron chi connectivity index (χ1n) is 6.69. The van der Waals surface area contributed by atoms with E-state index in [0.717, 1.165) is 25.1 Å². The number of hydrogen-bond donors (Lipinski definition) is 3. The van der Waals surface area contributed by atoms with Gasteiger partial charge in [-0.15, -0.1) is 0 Å². The lowest BCUT2D eigenvalue weighted by molar-refractivity contribution is 0.236. The summed E-state index contributed by atoms with van der Waals surface area (Å²) in [7, 11) is -1.66. The van der Waals surface area contributed by atoms with Gasteiger partial charge < -0.3 is 15.5 Å². The molecule has 1 aliphatic heterocycles. The number of nitrogens with two attached hydrogens (primary N) is 1. The van der Waals surface area contributed by atoms with E-state index >= 15 is 0 Å². The Bertz CT molecular complexity index is 600. The summed E-state index contributed by atoms with van der Waals surface area (Å²) >= 11 is 0. The van der Waals surface area contributed by atoms with E-state index in [9.17, 15) is 13.2 Å². The number of hydrogen-bond acceptors (Lipinski definition) is 4. The first-order chi connectivity index (χ1) is 9.84. The molecule has 1 aliphatic rings. The van der Waals surface area contributed by atoms with Crippen LogP contribution >= 0.6 is 0 Å². The molecule has 0 bridgehead atoms. The maximum Gasteiger partial charge on any atom is 0.315 e. The van der Waals surface area contributed by atoms with Gasteiger partial charge in [-0.25, -0.2) is 18.4 Å². The Labute approximate surface area is 124 Å². The average molecular weight is 312 g/mol. The van der Waals surface area contributed by atoms with Crippen LogP contribution < -0.4 is 15.8 Å². The molecule has 21 heavy (non-hydrogen) atoms. The largest absolute Gasteiger partial charge is 0.334 e. The van der Waals surface area contributed by atoms with Crippen molar-refractivity contribution in [2.45, 2.75) is 23.9 Å². The molecule has 0 spiro atoms. The molecule has 1 aromatic carbocycles. The molecule has 4 N–H and O–H groups in total. The molecule has 2 rings (SSSR count). The molecule has 1 fully saturated rings. The highest BCUT2D eigenvalue weighted by Gasteiger charge is 2.20. The maximum absolute atomic E-state index is 11.7. The summed E-state index contributed by atoms with van der Waals surface area (Å²) in [4.78, 5) is 14.0. The van der Waals surface area contributed by atoms with Gasteiger partial charge in [0, 0.05) is 19.1 Å². The second kappa shape index (κ2) is 6.42. The van der Waals surface area contributed by atoms with E-state index in [4.69, 9.17) is 5.14 Å². The third-order valence-electron chi connectivity index (χ3n) is 3.43. The van der Waals surface area contributed by atoms with Crippen molar-refractivity contribution in [2.75, 3.05) is 20.1 Å². The van der Waals surface area contributed by atoms with Gasteiger partial charge in [-0.3, -0.25) is 0 Å². The SMILES string of the molecule is CN1CC[C@@H](NC(=O)NCc2ccc(S(N)(=O)=O)cc2)C1. The molecule has 8 heteroatoms. The van der Waals surface area contributed by atoms with Crippen LogP contribution in [0.2, 0.25) is 0 Å². The zero-order valence-corrected chi connectivity index (χ0v) is 12.7. The minimum atomic E-state index is -3.68. The fourth-order valence-corrected chi connectivity index (χ4v) is 2.78. The predicted molar refractivity (Wildman–Crippen MR) is 79.1 cm³/mol. The summed E-state index contributed by atoms with van der Waals surface area (Å²) in [6, 6.07) is 6.07. The van der Waals surface area contributed by atoms with Crippen LogP contribution in [0.4, 0.5) is 4.79 Å². The monoisotopic (exact) mass is 312 g/mol. The van der Waals surface area contributed by atoms with Gasteiger partial charge in [-0.2, -0.15) is 0 Å². The molecule has 0 aliphatic carbocycles. The van der Waals surface area contributed by atoms with E-state index in [2.05, 4.69) is 15.5 Å². The molecule has 1 atom stereocenters. The van der Waals surface area contributed by atoms with Crippen LogP contribution in [0.15, 0.2) is 29.2 Å². The van der Waals surface area contributed by atoms with Crippen molar-refractivity contribution in [1.82, 2.24) is 15.5 Å². The number of benzene rings is 1. The fourth-order valence-electron chi connectivity index (χ4n) is 2.27. The summed E-state index contributed by atoms with van der Waals surface area (Å²) in [5, 5.41) is 10.7. The van der Waals surface area contributed by atoms with Crippen LogP contribution in [-0.4, -0.2) is 45.5 Å². The number of carbonyl (C=O) groups is 1. The number of amides is 2. The zero-order chi connectivity index (χ0) is 15.5. The fraction of sp³-hybridized carbons (Fsp3) is 0.462. The molecule has 1 aromatic rings. The van der Waals surface area contributed by atoms with Crippen LogP contribution in [0.5, 0.6) is 0 Å². The Balaban J connectivity index is 1.81. The molecular weight excluding hydrogens is 292 g/mol. The molecule has 1 heterocycles. The van der Waals surface area contributed by atoms with E-state index in [1.165, 1.54) is 12.1 Å². The Kier molecular flexibility index (Phi) is 4.81. The van der Waals surface area contributed by atoms with Crippen molar-refractivity contribution in [3.8, 4) is 0 Å². The minimum absolute atomic E-state index is 0.0599. The predicted octanol–water partition coefficient (Wildman–Crippen LogP) is -0.163. The van der Waals surface area contributed by atoms with Crippen LogP contribution in [0.1, 0.15) is 12.0 Å². The quantitative estimate of drug-likeness (QED) is 0.718. The number of carbonyl (C=O) groups excluding carboxylic acids is 1. The molecule has 0 radical (unpaired) electrons. The Morgan fingerprint density at radius 3 is 2.57 bits per heavy atom. The van der Waals surface area contributed by atoms with Gasteiger partial charge in [0.2, 0.25) is 10.0 Å². The summed E-state index contributed by atoms with van der Waals surface area (Å²) in [6.45, 7) is 2.18. The third kappa shape index (κ3) is 4.69. The van der Waals surface area contributed by atoms with E-state index in [-0.39, 0.29) is 17.0 Å². The first-order valence-corrected chi connectivity index (χ1v) is 8.24. The molecule has 1 saturated heterocycles. The van der Waals surface area contributed by atoms with Crippen molar-refractivity contribution in [3.63, 3.8) is 0 Å². The normalized spacial score (nSPS) is 19.4. The number of nitrogens with zero attached hydrogens (tertiary/aromatic N) is 1. The number of nitrogens with one attached hydrogen (secondary N) is 2. The highest BCUT2D eigenvalue weighted by molar-refractivity contribution is 7.89. The lowest BCUT2D eigenvalue weighted by atomic mass is 10.2.